The number of hydrogen-bond acceptors (Lipinski definition) is 4. The summed E-state index contributed by atoms with van der Waals surface area (Å²) in [5.74, 6) is -0.0991. The summed E-state index contributed by atoms with van der Waals surface area (Å²) in [6.07, 6.45) is 8.50. The van der Waals surface area contributed by atoms with Gasteiger partial charge < -0.3 is 10.1 Å². The second-order valence-electron chi connectivity index (χ2n) is 5.57. The van der Waals surface area contributed by atoms with Crippen LogP contribution < -0.4 is 5.32 Å². The Hall–Kier alpha value is -0.610. The van der Waals surface area contributed by atoms with Gasteiger partial charge in [-0.3, -0.25) is 9.69 Å². The highest BCUT2D eigenvalue weighted by Crippen LogP contribution is 2.23. The molecule has 0 radical (unpaired) electrons. The van der Waals surface area contributed by atoms with Gasteiger partial charge in [0.25, 0.3) is 0 Å². The lowest BCUT2D eigenvalue weighted by molar-refractivity contribution is -0.141. The van der Waals surface area contributed by atoms with Crippen LogP contribution in [0.2, 0.25) is 0 Å². The summed E-state index contributed by atoms with van der Waals surface area (Å²) < 4.78 is 4.78. The number of hydrogen-bond donors (Lipinski definition) is 1. The standard InChI is InChI=1S/C14H26N2O2/c1-18-14(17)10-12-11-16(9-5-8-15-12)13-6-3-2-4-7-13/h12-13,15H,2-11H2,1H3. The summed E-state index contributed by atoms with van der Waals surface area (Å²) in [5, 5.41) is 3.47. The van der Waals surface area contributed by atoms with E-state index in [0.717, 1.165) is 19.1 Å². The van der Waals surface area contributed by atoms with Crippen molar-refractivity contribution in [2.24, 2.45) is 0 Å². The molecule has 0 bridgehead atoms. The summed E-state index contributed by atoms with van der Waals surface area (Å²) in [6.45, 7) is 3.19. The second kappa shape index (κ2) is 7.10. The maximum atomic E-state index is 11.4. The summed E-state index contributed by atoms with van der Waals surface area (Å²) in [7, 11) is 1.47. The Morgan fingerprint density at radius 3 is 2.78 bits per heavy atom. The molecule has 1 atom stereocenters. The quantitative estimate of drug-likeness (QED) is 0.776. The predicted octanol–water partition coefficient (Wildman–Crippen LogP) is 1.55. The van der Waals surface area contributed by atoms with Gasteiger partial charge in [0.2, 0.25) is 0 Å². The molecule has 4 nitrogen and oxygen atoms in total. The molecule has 18 heavy (non-hydrogen) atoms. The monoisotopic (exact) mass is 254 g/mol. The Labute approximate surface area is 110 Å². The van der Waals surface area contributed by atoms with E-state index in [-0.39, 0.29) is 12.0 Å². The number of ether oxygens (including phenoxy) is 1. The van der Waals surface area contributed by atoms with Crippen LogP contribution in [-0.2, 0) is 9.53 Å². The lowest BCUT2D eigenvalue weighted by Crippen LogP contribution is -2.44. The summed E-state index contributed by atoms with van der Waals surface area (Å²) in [6, 6.07) is 1.01. The Morgan fingerprint density at radius 1 is 1.28 bits per heavy atom. The van der Waals surface area contributed by atoms with Crippen LogP contribution in [-0.4, -0.2) is 49.7 Å². The van der Waals surface area contributed by atoms with Gasteiger partial charge in [0.05, 0.1) is 13.5 Å². The fourth-order valence-corrected chi connectivity index (χ4v) is 3.23. The van der Waals surface area contributed by atoms with Gasteiger partial charge in [0, 0.05) is 18.6 Å². The van der Waals surface area contributed by atoms with Crippen LogP contribution in [0.1, 0.15) is 44.9 Å². The van der Waals surface area contributed by atoms with Crippen molar-refractivity contribution >= 4 is 5.97 Å². The van der Waals surface area contributed by atoms with Gasteiger partial charge in [0.1, 0.15) is 0 Å². The Kier molecular flexibility index (Phi) is 5.45. The van der Waals surface area contributed by atoms with Crippen LogP contribution in [0.5, 0.6) is 0 Å². The molecule has 0 aromatic carbocycles. The topological polar surface area (TPSA) is 41.6 Å². The van der Waals surface area contributed by atoms with Crippen LogP contribution in [0.25, 0.3) is 0 Å². The van der Waals surface area contributed by atoms with E-state index in [1.54, 1.807) is 0 Å². The fourth-order valence-electron chi connectivity index (χ4n) is 3.23. The highest BCUT2D eigenvalue weighted by molar-refractivity contribution is 5.69. The molecule has 0 aromatic rings. The zero-order valence-electron chi connectivity index (χ0n) is 11.5. The lowest BCUT2D eigenvalue weighted by Gasteiger charge is -2.34. The number of nitrogens with zero attached hydrogens (tertiary/aromatic N) is 1. The average Bonchev–Trinajstić information content (AvgIpc) is 2.65. The van der Waals surface area contributed by atoms with E-state index in [1.807, 2.05) is 0 Å². The van der Waals surface area contributed by atoms with Crippen molar-refractivity contribution in [2.45, 2.75) is 57.0 Å². The molecule has 1 heterocycles. The van der Waals surface area contributed by atoms with Gasteiger partial charge in [-0.1, -0.05) is 19.3 Å². The van der Waals surface area contributed by atoms with Crippen LogP contribution >= 0.6 is 0 Å². The normalized spacial score (nSPS) is 27.7. The number of nitrogens with one attached hydrogen (secondary N) is 1. The molecule has 0 amide bonds. The molecule has 1 aliphatic carbocycles. The van der Waals surface area contributed by atoms with E-state index in [1.165, 1.54) is 52.2 Å². The van der Waals surface area contributed by atoms with Gasteiger partial charge in [-0.15, -0.1) is 0 Å². The van der Waals surface area contributed by atoms with Gasteiger partial charge in [-0.2, -0.15) is 0 Å². The number of carbonyl (C=O) groups is 1. The molecular weight excluding hydrogens is 228 g/mol. The maximum absolute atomic E-state index is 11.4. The molecule has 1 saturated carbocycles. The number of esters is 1. The highest BCUT2D eigenvalue weighted by atomic mass is 16.5. The molecule has 0 spiro atoms. The Morgan fingerprint density at radius 2 is 2.06 bits per heavy atom. The Balaban J connectivity index is 1.87. The van der Waals surface area contributed by atoms with E-state index >= 15 is 0 Å². The van der Waals surface area contributed by atoms with Crippen LogP contribution in [0.15, 0.2) is 0 Å². The fraction of sp³-hybridized carbons (Fsp3) is 0.929. The minimum atomic E-state index is -0.0991. The van der Waals surface area contributed by atoms with Gasteiger partial charge >= 0.3 is 5.97 Å². The third-order valence-corrected chi connectivity index (χ3v) is 4.24. The molecule has 0 aromatic heterocycles. The first-order valence-electron chi connectivity index (χ1n) is 7.34. The van der Waals surface area contributed by atoms with E-state index in [4.69, 9.17) is 4.74 Å². The average molecular weight is 254 g/mol. The van der Waals surface area contributed by atoms with Crippen molar-refractivity contribution in [3.63, 3.8) is 0 Å². The molecule has 2 fully saturated rings. The third-order valence-electron chi connectivity index (χ3n) is 4.24. The summed E-state index contributed by atoms with van der Waals surface area (Å²) >= 11 is 0. The van der Waals surface area contributed by atoms with Gasteiger partial charge in [-0.25, -0.2) is 0 Å². The van der Waals surface area contributed by atoms with Crippen molar-refractivity contribution < 1.29 is 9.53 Å². The smallest absolute Gasteiger partial charge is 0.307 e. The SMILES string of the molecule is COC(=O)CC1CN(C2CCCCC2)CCCN1. The zero-order chi connectivity index (χ0) is 12.8. The molecule has 4 heteroatoms. The van der Waals surface area contributed by atoms with E-state index in [2.05, 4.69) is 10.2 Å². The van der Waals surface area contributed by atoms with Crippen molar-refractivity contribution in [1.82, 2.24) is 10.2 Å². The minimum Gasteiger partial charge on any atom is -0.469 e. The van der Waals surface area contributed by atoms with Crippen LogP contribution in [0.3, 0.4) is 0 Å². The summed E-state index contributed by atoms with van der Waals surface area (Å²) in [4.78, 5) is 14.0. The van der Waals surface area contributed by atoms with E-state index in [0.29, 0.717) is 6.42 Å². The first-order valence-corrected chi connectivity index (χ1v) is 7.34. The van der Waals surface area contributed by atoms with E-state index in [9.17, 15) is 4.79 Å². The van der Waals surface area contributed by atoms with Gasteiger partial charge in [0.15, 0.2) is 0 Å². The largest absolute Gasteiger partial charge is 0.469 e. The molecule has 1 N–H and O–H groups in total. The van der Waals surface area contributed by atoms with Gasteiger partial charge in [-0.05, 0) is 32.4 Å². The molecule has 2 rings (SSSR count). The molecule has 1 aliphatic heterocycles. The molecule has 1 saturated heterocycles. The van der Waals surface area contributed by atoms with Crippen molar-refractivity contribution in [2.75, 3.05) is 26.7 Å². The van der Waals surface area contributed by atoms with Crippen molar-refractivity contribution in [1.29, 1.82) is 0 Å². The Bertz CT molecular complexity index is 265. The van der Waals surface area contributed by atoms with Crippen molar-refractivity contribution in [3.05, 3.63) is 0 Å². The minimum absolute atomic E-state index is 0.0991. The van der Waals surface area contributed by atoms with E-state index < -0.39 is 0 Å². The number of rotatable bonds is 3. The van der Waals surface area contributed by atoms with Crippen molar-refractivity contribution in [3.8, 4) is 0 Å². The second-order valence-corrected chi connectivity index (χ2v) is 5.57. The highest BCUT2D eigenvalue weighted by Gasteiger charge is 2.26. The molecular formula is C14H26N2O2. The third kappa shape index (κ3) is 3.95. The molecule has 2 aliphatic rings. The molecule has 1 unspecified atom stereocenters. The number of methoxy groups -OCH3 is 1. The summed E-state index contributed by atoms with van der Waals surface area (Å²) in [5.41, 5.74) is 0. The first kappa shape index (κ1) is 13.8. The first-order chi connectivity index (χ1) is 8.79. The number of carbonyl (C=O) groups excluding carboxylic acids is 1. The molecule has 104 valence electrons. The van der Waals surface area contributed by atoms with Crippen LogP contribution in [0, 0.1) is 0 Å². The maximum Gasteiger partial charge on any atom is 0.307 e. The zero-order valence-corrected chi connectivity index (χ0v) is 11.5. The lowest BCUT2D eigenvalue weighted by atomic mass is 9.93. The predicted molar refractivity (Wildman–Crippen MR) is 71.5 cm³/mol. The van der Waals surface area contributed by atoms with Crippen LogP contribution in [0.4, 0.5) is 0 Å².